The number of carbonyl (C=O) groups is 4. The number of likely N-dealkylation sites (tertiary alicyclic amines) is 2. The molecule has 2 heterocycles. The van der Waals surface area contributed by atoms with Gasteiger partial charge in [0, 0.05) is 13.6 Å². The monoisotopic (exact) mass is 751 g/mol. The molecule has 3 aromatic carbocycles. The largest absolute Gasteiger partial charge is 0.480 e. The van der Waals surface area contributed by atoms with Crippen LogP contribution in [0.15, 0.2) is 66.7 Å². The average Bonchev–Trinajstić information content (AvgIpc) is 3.31. The number of urea groups is 1. The number of ether oxygens (including phenoxy) is 1. The van der Waals surface area contributed by atoms with E-state index in [1.54, 1.807) is 37.3 Å². The third kappa shape index (κ3) is 7.53. The molecular formula is C37H36F7N3O6. The quantitative estimate of drug-likeness (QED) is 0.200. The summed E-state index contributed by atoms with van der Waals surface area (Å²) in [4.78, 5) is 57.4. The van der Waals surface area contributed by atoms with Crippen molar-refractivity contribution < 1.29 is 59.8 Å². The highest BCUT2D eigenvalue weighted by Crippen LogP contribution is 2.53. The first-order valence-electron chi connectivity index (χ1n) is 16.5. The summed E-state index contributed by atoms with van der Waals surface area (Å²) in [7, 11) is 1.20. The van der Waals surface area contributed by atoms with Crippen LogP contribution in [0.25, 0.3) is 0 Å². The number of halogens is 7. The van der Waals surface area contributed by atoms with E-state index in [-0.39, 0.29) is 38.5 Å². The number of alkyl halides is 6. The number of carbonyl (C=O) groups excluding carboxylic acids is 3. The molecule has 2 saturated heterocycles. The number of hydrogen-bond acceptors (Lipinski definition) is 5. The van der Waals surface area contributed by atoms with E-state index in [1.165, 1.54) is 37.9 Å². The zero-order valence-electron chi connectivity index (χ0n) is 29.0. The Bertz CT molecular complexity index is 1890. The average molecular weight is 752 g/mol. The van der Waals surface area contributed by atoms with E-state index in [9.17, 15) is 55.0 Å². The Hall–Kier alpha value is -5.15. The molecule has 2 aliphatic rings. The third-order valence-electron chi connectivity index (χ3n) is 10.3. The number of imide groups is 1. The van der Waals surface area contributed by atoms with Crippen LogP contribution >= 0.6 is 0 Å². The lowest BCUT2D eigenvalue weighted by Gasteiger charge is -2.49. The van der Waals surface area contributed by atoms with Crippen LogP contribution in [0, 0.1) is 18.2 Å². The second kappa shape index (κ2) is 14.0. The molecule has 4 amide bonds. The zero-order chi connectivity index (χ0) is 39.3. The van der Waals surface area contributed by atoms with E-state index in [4.69, 9.17) is 4.74 Å². The van der Waals surface area contributed by atoms with Crippen LogP contribution in [0.4, 0.5) is 40.3 Å². The predicted molar refractivity (Wildman–Crippen MR) is 174 cm³/mol. The summed E-state index contributed by atoms with van der Waals surface area (Å²) in [5.41, 5.74) is -5.88. The number of hydrogen-bond donors (Lipinski definition) is 1. The molecule has 3 aromatic rings. The summed E-state index contributed by atoms with van der Waals surface area (Å²) in [5.74, 6) is -3.15. The Morgan fingerprint density at radius 3 is 2.13 bits per heavy atom. The molecule has 0 aliphatic carbocycles. The maximum atomic E-state index is 14.3. The lowest BCUT2D eigenvalue weighted by Crippen LogP contribution is -2.58. The van der Waals surface area contributed by atoms with Gasteiger partial charge in [-0.2, -0.15) is 26.3 Å². The second-order valence-corrected chi connectivity index (χ2v) is 13.8. The smallest absolute Gasteiger partial charge is 0.417 e. The maximum absolute atomic E-state index is 14.3. The van der Waals surface area contributed by atoms with Crippen molar-refractivity contribution in [3.8, 4) is 0 Å². The topological polar surface area (TPSA) is 107 Å². The lowest BCUT2D eigenvalue weighted by atomic mass is 9.73. The number of carboxylic acid groups (broad SMARTS) is 1. The minimum atomic E-state index is -5.12. The highest BCUT2D eigenvalue weighted by molar-refractivity contribution is 6.09. The third-order valence-corrected chi connectivity index (χ3v) is 10.3. The highest BCUT2D eigenvalue weighted by atomic mass is 19.4. The molecule has 0 radical (unpaired) electrons. The normalized spacial score (nSPS) is 22.5. The number of amides is 4. The molecule has 5 rings (SSSR count). The molecule has 2 fully saturated rings. The minimum Gasteiger partial charge on any atom is -0.480 e. The first kappa shape index (κ1) is 39.1. The van der Waals surface area contributed by atoms with Gasteiger partial charge in [-0.25, -0.2) is 18.9 Å². The SMILES string of the molecule is Cc1cc(F)ccc1[C@H]1C[C@@]2(CCN1C(=O)N(C)[C@H](C)c1cc(C(F)(F)F)cc(C(F)(F)F)c1)CC(C)(C(=O)O)C(=O)N2C(=O)OCc1ccccc1. The van der Waals surface area contributed by atoms with Crippen LogP contribution in [0.5, 0.6) is 0 Å². The second-order valence-electron chi connectivity index (χ2n) is 13.8. The van der Waals surface area contributed by atoms with Gasteiger partial charge in [0.1, 0.15) is 17.8 Å². The van der Waals surface area contributed by atoms with E-state index >= 15 is 0 Å². The van der Waals surface area contributed by atoms with Gasteiger partial charge in [-0.1, -0.05) is 36.4 Å². The summed E-state index contributed by atoms with van der Waals surface area (Å²) in [6.45, 7) is 3.49. The number of carboxylic acids is 1. The number of aryl methyl sites for hydroxylation is 1. The molecule has 1 N–H and O–H groups in total. The molecule has 2 aliphatic heterocycles. The fraction of sp³-hybridized carbons (Fsp3) is 0.405. The summed E-state index contributed by atoms with van der Waals surface area (Å²) in [6, 6.07) is 9.99. The van der Waals surface area contributed by atoms with Crippen molar-refractivity contribution in [1.82, 2.24) is 14.7 Å². The van der Waals surface area contributed by atoms with Crippen molar-refractivity contribution in [2.24, 2.45) is 5.41 Å². The van der Waals surface area contributed by atoms with Crippen molar-refractivity contribution in [3.63, 3.8) is 0 Å². The Labute approximate surface area is 299 Å². The molecular weight excluding hydrogens is 715 g/mol. The van der Waals surface area contributed by atoms with Gasteiger partial charge in [-0.3, -0.25) is 9.59 Å². The summed E-state index contributed by atoms with van der Waals surface area (Å²) < 4.78 is 102. The van der Waals surface area contributed by atoms with E-state index < -0.39 is 81.9 Å². The van der Waals surface area contributed by atoms with E-state index in [1.807, 2.05) is 0 Å². The Morgan fingerprint density at radius 2 is 1.58 bits per heavy atom. The zero-order valence-corrected chi connectivity index (χ0v) is 29.0. The maximum Gasteiger partial charge on any atom is 0.417 e. The van der Waals surface area contributed by atoms with Gasteiger partial charge in [0.2, 0.25) is 5.91 Å². The molecule has 0 saturated carbocycles. The van der Waals surface area contributed by atoms with Crippen LogP contribution in [0.1, 0.15) is 78.6 Å². The van der Waals surface area contributed by atoms with Crippen molar-refractivity contribution in [1.29, 1.82) is 0 Å². The molecule has 9 nitrogen and oxygen atoms in total. The Kier molecular flexibility index (Phi) is 10.3. The van der Waals surface area contributed by atoms with Gasteiger partial charge >= 0.3 is 30.4 Å². The highest BCUT2D eigenvalue weighted by Gasteiger charge is 2.65. The first-order chi connectivity index (χ1) is 24.6. The van der Waals surface area contributed by atoms with Crippen LogP contribution in [0.2, 0.25) is 0 Å². The van der Waals surface area contributed by atoms with Gasteiger partial charge in [0.25, 0.3) is 0 Å². The van der Waals surface area contributed by atoms with Gasteiger partial charge in [-0.05, 0) is 92.6 Å². The fourth-order valence-electron chi connectivity index (χ4n) is 7.25. The van der Waals surface area contributed by atoms with Gasteiger partial charge in [-0.15, -0.1) is 0 Å². The number of aliphatic carboxylic acids is 1. The van der Waals surface area contributed by atoms with Gasteiger partial charge in [0.05, 0.1) is 28.7 Å². The number of rotatable bonds is 6. The van der Waals surface area contributed by atoms with Crippen LogP contribution in [-0.4, -0.2) is 62.9 Å². The van der Waals surface area contributed by atoms with E-state index in [0.29, 0.717) is 28.8 Å². The fourth-order valence-corrected chi connectivity index (χ4v) is 7.25. The van der Waals surface area contributed by atoms with Gasteiger partial charge in [0.15, 0.2) is 0 Å². The molecule has 284 valence electrons. The van der Waals surface area contributed by atoms with Crippen molar-refractivity contribution >= 4 is 24.0 Å². The summed E-state index contributed by atoms with van der Waals surface area (Å²) in [5, 5.41) is 10.2. The summed E-state index contributed by atoms with van der Waals surface area (Å²) in [6.07, 6.45) is -12.1. The number of piperidine rings is 1. The van der Waals surface area contributed by atoms with Crippen LogP contribution in [-0.2, 0) is 33.3 Å². The van der Waals surface area contributed by atoms with Crippen molar-refractivity contribution in [3.05, 3.63) is 106 Å². The lowest BCUT2D eigenvalue weighted by molar-refractivity contribution is -0.154. The Balaban J connectivity index is 1.54. The first-order valence-corrected chi connectivity index (χ1v) is 16.5. The van der Waals surface area contributed by atoms with E-state index in [2.05, 4.69) is 0 Å². The van der Waals surface area contributed by atoms with E-state index in [0.717, 1.165) is 15.9 Å². The molecule has 0 bridgehead atoms. The van der Waals surface area contributed by atoms with Crippen molar-refractivity contribution in [2.45, 2.75) is 76.6 Å². The molecule has 4 atom stereocenters. The molecule has 53 heavy (non-hydrogen) atoms. The van der Waals surface area contributed by atoms with Crippen LogP contribution in [0.3, 0.4) is 0 Å². The molecule has 0 aromatic heterocycles. The van der Waals surface area contributed by atoms with Crippen LogP contribution < -0.4 is 0 Å². The molecule has 16 heteroatoms. The van der Waals surface area contributed by atoms with Crippen molar-refractivity contribution in [2.75, 3.05) is 13.6 Å². The number of benzene rings is 3. The predicted octanol–water partition coefficient (Wildman–Crippen LogP) is 8.52. The number of nitrogens with zero attached hydrogens (tertiary/aromatic N) is 3. The molecule has 1 spiro atoms. The Morgan fingerprint density at radius 1 is 0.981 bits per heavy atom. The van der Waals surface area contributed by atoms with Gasteiger partial charge < -0.3 is 19.6 Å². The minimum absolute atomic E-state index is 0.0140. The summed E-state index contributed by atoms with van der Waals surface area (Å²) >= 11 is 0. The standard InChI is InChI=1S/C37H36F7N3O6/c1-21-14-27(38)10-11-28(21)29-18-35(20-34(3,31(49)50)30(48)47(35)33(52)53-19-23-8-6-5-7-9-23)12-13-46(29)32(51)45(4)22(2)24-15-25(36(39,40)41)17-26(16-24)37(42,43)44/h5-11,14-17,22,29H,12-13,18-20H2,1-4H3,(H,49,50)/t22-,29-,34?,35+/m1/s1. The molecule has 1 unspecified atom stereocenters.